The third-order valence-corrected chi connectivity index (χ3v) is 1.13. The number of ether oxygens (including phenoxy) is 1. The lowest BCUT2D eigenvalue weighted by molar-refractivity contribution is -0.124. The fourth-order valence-electron chi connectivity index (χ4n) is 0.397. The molecule has 4 heteroatoms. The average molecular weight is 147 g/mol. The number of methoxy groups -OCH3 is 1. The van der Waals surface area contributed by atoms with Crippen LogP contribution in [-0.4, -0.2) is 37.4 Å². The summed E-state index contributed by atoms with van der Waals surface area (Å²) in [5.41, 5.74) is 0. The van der Waals surface area contributed by atoms with Crippen LogP contribution >= 0.6 is 0 Å². The molecule has 0 saturated heterocycles. The summed E-state index contributed by atoms with van der Waals surface area (Å²) >= 11 is 0. The van der Waals surface area contributed by atoms with Gasteiger partial charge in [-0.2, -0.15) is 0 Å². The van der Waals surface area contributed by atoms with Gasteiger partial charge >= 0.3 is 0 Å². The minimum absolute atomic E-state index is 0.00417. The highest BCUT2D eigenvalue weighted by atomic mass is 16.5. The van der Waals surface area contributed by atoms with E-state index in [-0.39, 0.29) is 12.0 Å². The molecule has 0 fully saturated rings. The minimum Gasteiger partial charge on any atom is -0.387 e. The Hall–Kier alpha value is -0.610. The molecule has 60 valence electrons. The summed E-state index contributed by atoms with van der Waals surface area (Å²) in [5.74, 6) is -0.371. The maximum atomic E-state index is 10.4. The SMILES string of the molecule is COC(C)CNC(=O)CO. The molecule has 0 spiro atoms. The van der Waals surface area contributed by atoms with Crippen LogP contribution in [0, 0.1) is 0 Å². The van der Waals surface area contributed by atoms with E-state index in [4.69, 9.17) is 9.84 Å². The molecule has 1 atom stereocenters. The van der Waals surface area contributed by atoms with E-state index >= 15 is 0 Å². The number of rotatable bonds is 4. The molecule has 0 rings (SSSR count). The van der Waals surface area contributed by atoms with Crippen LogP contribution in [0.2, 0.25) is 0 Å². The van der Waals surface area contributed by atoms with E-state index < -0.39 is 6.61 Å². The number of carbonyl (C=O) groups excluding carboxylic acids is 1. The van der Waals surface area contributed by atoms with Crippen molar-refractivity contribution in [3.05, 3.63) is 0 Å². The first-order valence-electron chi connectivity index (χ1n) is 3.11. The van der Waals surface area contributed by atoms with Gasteiger partial charge in [0, 0.05) is 13.7 Å². The molecule has 0 aromatic rings. The lowest BCUT2D eigenvalue weighted by Crippen LogP contribution is -2.33. The Morgan fingerprint density at radius 1 is 1.80 bits per heavy atom. The van der Waals surface area contributed by atoms with Crippen LogP contribution in [0.15, 0.2) is 0 Å². The number of aliphatic hydroxyl groups is 1. The third-order valence-electron chi connectivity index (χ3n) is 1.13. The van der Waals surface area contributed by atoms with Crippen LogP contribution in [0.5, 0.6) is 0 Å². The van der Waals surface area contributed by atoms with Gasteiger partial charge in [0.15, 0.2) is 0 Å². The van der Waals surface area contributed by atoms with Crippen LogP contribution in [0.25, 0.3) is 0 Å². The van der Waals surface area contributed by atoms with E-state index in [1.165, 1.54) is 0 Å². The van der Waals surface area contributed by atoms with Crippen molar-refractivity contribution in [2.75, 3.05) is 20.3 Å². The molecule has 4 nitrogen and oxygen atoms in total. The minimum atomic E-state index is -0.462. The van der Waals surface area contributed by atoms with Crippen molar-refractivity contribution >= 4 is 5.91 Å². The Kier molecular flexibility index (Phi) is 4.88. The van der Waals surface area contributed by atoms with Crippen LogP contribution in [-0.2, 0) is 9.53 Å². The van der Waals surface area contributed by atoms with Gasteiger partial charge < -0.3 is 15.2 Å². The zero-order valence-electron chi connectivity index (χ0n) is 6.26. The molecule has 0 aromatic heterocycles. The highest BCUT2D eigenvalue weighted by Gasteiger charge is 2.01. The molecule has 1 unspecified atom stereocenters. The molecule has 0 heterocycles. The van der Waals surface area contributed by atoms with Gasteiger partial charge in [0.1, 0.15) is 6.61 Å². The second-order valence-corrected chi connectivity index (χ2v) is 2.01. The van der Waals surface area contributed by atoms with Crippen LogP contribution in [0.1, 0.15) is 6.92 Å². The number of carbonyl (C=O) groups is 1. The summed E-state index contributed by atoms with van der Waals surface area (Å²) in [6.45, 7) is 1.81. The first-order chi connectivity index (χ1) is 4.70. The monoisotopic (exact) mass is 147 g/mol. The Morgan fingerprint density at radius 3 is 2.80 bits per heavy atom. The largest absolute Gasteiger partial charge is 0.387 e. The molecule has 0 saturated carbocycles. The molecular formula is C6H13NO3. The van der Waals surface area contributed by atoms with E-state index in [1.54, 1.807) is 7.11 Å². The van der Waals surface area contributed by atoms with Crippen LogP contribution in [0.4, 0.5) is 0 Å². The van der Waals surface area contributed by atoms with Gasteiger partial charge in [-0.05, 0) is 6.92 Å². The molecule has 0 aliphatic rings. The van der Waals surface area contributed by atoms with Gasteiger partial charge in [-0.15, -0.1) is 0 Å². The summed E-state index contributed by atoms with van der Waals surface area (Å²) in [6.07, 6.45) is -0.00417. The summed E-state index contributed by atoms with van der Waals surface area (Å²) in [4.78, 5) is 10.4. The first kappa shape index (κ1) is 9.39. The predicted molar refractivity (Wildman–Crippen MR) is 36.6 cm³/mol. The van der Waals surface area contributed by atoms with E-state index in [0.717, 1.165) is 0 Å². The Labute approximate surface area is 60.2 Å². The smallest absolute Gasteiger partial charge is 0.245 e. The molecule has 0 aliphatic heterocycles. The van der Waals surface area contributed by atoms with Crippen molar-refractivity contribution in [3.8, 4) is 0 Å². The second kappa shape index (κ2) is 5.20. The molecular weight excluding hydrogens is 134 g/mol. The van der Waals surface area contributed by atoms with E-state index in [2.05, 4.69) is 5.32 Å². The quantitative estimate of drug-likeness (QED) is 0.543. The van der Waals surface area contributed by atoms with E-state index in [9.17, 15) is 4.79 Å². The van der Waals surface area contributed by atoms with Crippen LogP contribution in [0.3, 0.4) is 0 Å². The van der Waals surface area contributed by atoms with Crippen molar-refractivity contribution in [2.45, 2.75) is 13.0 Å². The Morgan fingerprint density at radius 2 is 2.40 bits per heavy atom. The van der Waals surface area contributed by atoms with E-state index in [1.807, 2.05) is 6.92 Å². The highest BCUT2D eigenvalue weighted by Crippen LogP contribution is 1.82. The average Bonchev–Trinajstić information content (AvgIpc) is 1.99. The second-order valence-electron chi connectivity index (χ2n) is 2.01. The zero-order chi connectivity index (χ0) is 7.98. The van der Waals surface area contributed by atoms with Crippen molar-refractivity contribution in [3.63, 3.8) is 0 Å². The molecule has 1 amide bonds. The first-order valence-corrected chi connectivity index (χ1v) is 3.11. The topological polar surface area (TPSA) is 58.6 Å². The fourth-order valence-corrected chi connectivity index (χ4v) is 0.397. The number of hydrogen-bond acceptors (Lipinski definition) is 3. The van der Waals surface area contributed by atoms with Gasteiger partial charge in [0.2, 0.25) is 5.91 Å². The summed E-state index contributed by atoms with van der Waals surface area (Å²) in [5, 5.41) is 10.7. The fraction of sp³-hybridized carbons (Fsp3) is 0.833. The van der Waals surface area contributed by atoms with E-state index in [0.29, 0.717) is 6.54 Å². The molecule has 10 heavy (non-hydrogen) atoms. The normalized spacial score (nSPS) is 12.7. The van der Waals surface area contributed by atoms with Crippen molar-refractivity contribution < 1.29 is 14.6 Å². The number of amides is 1. The Balaban J connectivity index is 3.26. The highest BCUT2D eigenvalue weighted by molar-refractivity contribution is 5.76. The van der Waals surface area contributed by atoms with Gasteiger partial charge in [-0.1, -0.05) is 0 Å². The molecule has 2 N–H and O–H groups in total. The summed E-state index contributed by atoms with van der Waals surface area (Å²) < 4.78 is 4.85. The predicted octanol–water partition coefficient (Wildman–Crippen LogP) is -0.870. The molecule has 0 radical (unpaired) electrons. The van der Waals surface area contributed by atoms with Crippen molar-refractivity contribution in [1.82, 2.24) is 5.32 Å². The van der Waals surface area contributed by atoms with Gasteiger partial charge in [-0.3, -0.25) is 4.79 Å². The van der Waals surface area contributed by atoms with Crippen LogP contribution < -0.4 is 5.32 Å². The molecule has 0 bridgehead atoms. The maximum Gasteiger partial charge on any atom is 0.245 e. The zero-order valence-corrected chi connectivity index (χ0v) is 6.26. The van der Waals surface area contributed by atoms with Gasteiger partial charge in [0.05, 0.1) is 6.10 Å². The van der Waals surface area contributed by atoms with Gasteiger partial charge in [0.25, 0.3) is 0 Å². The standard InChI is InChI=1S/C6H13NO3/c1-5(10-2)3-7-6(9)4-8/h5,8H,3-4H2,1-2H3,(H,7,9). The summed E-state index contributed by atoms with van der Waals surface area (Å²) in [7, 11) is 1.57. The molecule has 0 aromatic carbocycles. The molecule has 0 aliphatic carbocycles. The van der Waals surface area contributed by atoms with Gasteiger partial charge in [-0.25, -0.2) is 0 Å². The number of hydrogen-bond donors (Lipinski definition) is 2. The lowest BCUT2D eigenvalue weighted by Gasteiger charge is -2.08. The maximum absolute atomic E-state index is 10.4. The summed E-state index contributed by atoms with van der Waals surface area (Å²) in [6, 6.07) is 0. The number of aliphatic hydroxyl groups excluding tert-OH is 1. The Bertz CT molecular complexity index is 105. The number of nitrogens with one attached hydrogen (secondary N) is 1. The lowest BCUT2D eigenvalue weighted by atomic mass is 10.4. The van der Waals surface area contributed by atoms with Crippen molar-refractivity contribution in [1.29, 1.82) is 0 Å². The third kappa shape index (κ3) is 4.29. The van der Waals surface area contributed by atoms with Crippen molar-refractivity contribution in [2.24, 2.45) is 0 Å².